The molecule has 2 rings (SSSR count). The van der Waals surface area contributed by atoms with Crippen molar-refractivity contribution in [1.29, 1.82) is 0 Å². The van der Waals surface area contributed by atoms with Crippen LogP contribution in [0.2, 0.25) is 10.0 Å². The predicted octanol–water partition coefficient (Wildman–Crippen LogP) is 3.71. The maximum atomic E-state index is 13.4. The SMILES string of the molecule is COc1ccc(CN(C(=O)CN(c2ccc(Cl)c(Cl)c2)S(C)(=O)=O)[C@@H](C)C(=O)NC(C)C)cc1. The largest absolute Gasteiger partial charge is 0.497 e. The maximum Gasteiger partial charge on any atom is 0.244 e. The van der Waals surface area contributed by atoms with Crippen LogP contribution in [0.3, 0.4) is 0 Å². The third kappa shape index (κ3) is 7.51. The second-order valence-electron chi connectivity index (χ2n) is 8.08. The van der Waals surface area contributed by atoms with Gasteiger partial charge in [0.15, 0.2) is 0 Å². The minimum atomic E-state index is -3.86. The number of anilines is 1. The number of rotatable bonds is 10. The van der Waals surface area contributed by atoms with Gasteiger partial charge in [-0.1, -0.05) is 35.3 Å². The number of nitrogens with one attached hydrogen (secondary N) is 1. The molecule has 8 nitrogen and oxygen atoms in total. The molecule has 0 saturated carbocycles. The van der Waals surface area contributed by atoms with Crippen molar-refractivity contribution in [2.45, 2.75) is 39.4 Å². The fourth-order valence-electron chi connectivity index (χ4n) is 3.17. The van der Waals surface area contributed by atoms with Crippen LogP contribution < -0.4 is 14.4 Å². The summed E-state index contributed by atoms with van der Waals surface area (Å²) in [5, 5.41) is 3.20. The molecule has 0 saturated heterocycles. The molecule has 11 heteroatoms. The first-order valence-corrected chi connectivity index (χ1v) is 13.1. The number of ether oxygens (including phenoxy) is 1. The Labute approximate surface area is 210 Å². The van der Waals surface area contributed by atoms with Crippen molar-refractivity contribution in [3.63, 3.8) is 0 Å². The Balaban J connectivity index is 2.40. The summed E-state index contributed by atoms with van der Waals surface area (Å²) in [4.78, 5) is 27.5. The zero-order valence-electron chi connectivity index (χ0n) is 19.7. The number of halogens is 2. The van der Waals surface area contributed by atoms with Crippen LogP contribution in [-0.2, 0) is 26.2 Å². The standard InChI is InChI=1S/C23H29Cl2N3O5S/c1-15(2)26-23(30)16(3)27(13-17-6-9-19(33-4)10-7-17)22(29)14-28(34(5,31)32)18-8-11-20(24)21(25)12-18/h6-12,15-16H,13-14H2,1-5H3,(H,26,30)/t16-/m0/s1. The van der Waals surface area contributed by atoms with Gasteiger partial charge in [-0.15, -0.1) is 0 Å². The van der Waals surface area contributed by atoms with E-state index < -0.39 is 28.5 Å². The normalized spacial score (nSPS) is 12.2. The lowest BCUT2D eigenvalue weighted by molar-refractivity contribution is -0.139. The number of amides is 2. The van der Waals surface area contributed by atoms with Crippen LogP contribution in [0.5, 0.6) is 5.75 Å². The second kappa shape index (κ2) is 11.8. The Hall–Kier alpha value is -2.49. The molecule has 186 valence electrons. The summed E-state index contributed by atoms with van der Waals surface area (Å²) in [5.41, 5.74) is 0.938. The van der Waals surface area contributed by atoms with Crippen LogP contribution in [0.4, 0.5) is 5.69 Å². The second-order valence-corrected chi connectivity index (χ2v) is 10.8. The summed E-state index contributed by atoms with van der Waals surface area (Å²) in [6, 6.07) is 10.4. The highest BCUT2D eigenvalue weighted by atomic mass is 35.5. The average molecular weight is 530 g/mol. The Morgan fingerprint density at radius 1 is 1.03 bits per heavy atom. The van der Waals surface area contributed by atoms with Gasteiger partial charge in [0, 0.05) is 12.6 Å². The molecule has 0 aliphatic rings. The van der Waals surface area contributed by atoms with Crippen molar-refractivity contribution in [3.8, 4) is 5.75 Å². The van der Waals surface area contributed by atoms with Crippen molar-refractivity contribution in [1.82, 2.24) is 10.2 Å². The number of sulfonamides is 1. The molecular weight excluding hydrogens is 501 g/mol. The van der Waals surface area contributed by atoms with Crippen molar-refractivity contribution >= 4 is 50.7 Å². The monoisotopic (exact) mass is 529 g/mol. The summed E-state index contributed by atoms with van der Waals surface area (Å²) in [7, 11) is -2.31. The molecule has 0 unspecified atom stereocenters. The number of methoxy groups -OCH3 is 1. The van der Waals surface area contributed by atoms with E-state index in [4.69, 9.17) is 27.9 Å². The van der Waals surface area contributed by atoms with Gasteiger partial charge < -0.3 is 15.0 Å². The van der Waals surface area contributed by atoms with Gasteiger partial charge >= 0.3 is 0 Å². The van der Waals surface area contributed by atoms with Gasteiger partial charge in [0.25, 0.3) is 0 Å². The lowest BCUT2D eigenvalue weighted by Crippen LogP contribution is -2.52. The first-order valence-electron chi connectivity index (χ1n) is 10.5. The molecule has 0 fully saturated rings. The fraction of sp³-hybridized carbons (Fsp3) is 0.391. The first kappa shape index (κ1) is 27.8. The molecule has 2 aromatic carbocycles. The Bertz CT molecular complexity index is 1120. The van der Waals surface area contributed by atoms with E-state index in [9.17, 15) is 18.0 Å². The topological polar surface area (TPSA) is 96.0 Å². The zero-order valence-corrected chi connectivity index (χ0v) is 22.0. The molecule has 0 spiro atoms. The summed E-state index contributed by atoms with van der Waals surface area (Å²) < 4.78 is 31.2. The van der Waals surface area contributed by atoms with Crippen molar-refractivity contribution in [2.75, 3.05) is 24.2 Å². The van der Waals surface area contributed by atoms with Gasteiger partial charge in [0.1, 0.15) is 18.3 Å². The summed E-state index contributed by atoms with van der Waals surface area (Å²) in [6.45, 7) is 4.80. The van der Waals surface area contributed by atoms with Crippen LogP contribution in [0.25, 0.3) is 0 Å². The highest BCUT2D eigenvalue weighted by Gasteiger charge is 2.30. The molecule has 0 radical (unpaired) electrons. The third-order valence-corrected chi connectivity index (χ3v) is 6.86. The molecule has 2 aromatic rings. The van der Waals surface area contributed by atoms with E-state index in [-0.39, 0.29) is 34.2 Å². The van der Waals surface area contributed by atoms with Gasteiger partial charge in [-0.05, 0) is 56.7 Å². The van der Waals surface area contributed by atoms with Crippen LogP contribution in [-0.4, -0.2) is 57.1 Å². The lowest BCUT2D eigenvalue weighted by atomic mass is 10.1. The highest BCUT2D eigenvalue weighted by molar-refractivity contribution is 7.92. The molecule has 1 N–H and O–H groups in total. The van der Waals surface area contributed by atoms with Gasteiger partial charge in [-0.25, -0.2) is 8.42 Å². The van der Waals surface area contributed by atoms with Crippen LogP contribution in [0.1, 0.15) is 26.3 Å². The number of nitrogens with zero attached hydrogens (tertiary/aromatic N) is 2. The quantitative estimate of drug-likeness (QED) is 0.506. The first-order chi connectivity index (χ1) is 15.8. The lowest BCUT2D eigenvalue weighted by Gasteiger charge is -2.32. The van der Waals surface area contributed by atoms with Gasteiger partial charge in [0.05, 0.1) is 29.1 Å². The molecule has 1 atom stereocenters. The average Bonchev–Trinajstić information content (AvgIpc) is 2.76. The van der Waals surface area contributed by atoms with E-state index in [1.165, 1.54) is 23.1 Å². The Kier molecular flexibility index (Phi) is 9.61. The fourth-order valence-corrected chi connectivity index (χ4v) is 4.30. The van der Waals surface area contributed by atoms with Crippen molar-refractivity contribution in [2.24, 2.45) is 0 Å². The minimum Gasteiger partial charge on any atom is -0.497 e. The molecule has 0 bridgehead atoms. The van der Waals surface area contributed by atoms with E-state index in [1.54, 1.807) is 38.3 Å². The third-order valence-electron chi connectivity index (χ3n) is 4.98. The van der Waals surface area contributed by atoms with E-state index in [1.807, 2.05) is 13.8 Å². The molecule has 34 heavy (non-hydrogen) atoms. The number of benzene rings is 2. The number of hydrogen-bond donors (Lipinski definition) is 1. The summed E-state index contributed by atoms with van der Waals surface area (Å²) >= 11 is 12.0. The van der Waals surface area contributed by atoms with E-state index >= 15 is 0 Å². The smallest absolute Gasteiger partial charge is 0.244 e. The van der Waals surface area contributed by atoms with E-state index in [0.717, 1.165) is 16.1 Å². The maximum absolute atomic E-state index is 13.4. The Morgan fingerprint density at radius 2 is 1.65 bits per heavy atom. The summed E-state index contributed by atoms with van der Waals surface area (Å²) in [6.07, 6.45) is 0.992. The van der Waals surface area contributed by atoms with Gasteiger partial charge in [0.2, 0.25) is 21.8 Å². The molecule has 0 aliphatic carbocycles. The summed E-state index contributed by atoms with van der Waals surface area (Å²) in [5.74, 6) is -0.258. The van der Waals surface area contributed by atoms with Crippen LogP contribution in [0.15, 0.2) is 42.5 Å². The van der Waals surface area contributed by atoms with Crippen LogP contribution >= 0.6 is 23.2 Å². The number of hydrogen-bond acceptors (Lipinski definition) is 5. The molecule has 0 aromatic heterocycles. The predicted molar refractivity (Wildman–Crippen MR) is 135 cm³/mol. The molecular formula is C23H29Cl2N3O5S. The van der Waals surface area contributed by atoms with E-state index in [0.29, 0.717) is 5.75 Å². The van der Waals surface area contributed by atoms with Crippen LogP contribution in [0, 0.1) is 0 Å². The molecule has 0 heterocycles. The zero-order chi connectivity index (χ0) is 25.6. The Morgan fingerprint density at radius 3 is 2.15 bits per heavy atom. The molecule has 0 aliphatic heterocycles. The highest BCUT2D eigenvalue weighted by Crippen LogP contribution is 2.28. The molecule has 2 amide bonds. The number of carbonyl (C=O) groups is 2. The van der Waals surface area contributed by atoms with E-state index in [2.05, 4.69) is 5.32 Å². The minimum absolute atomic E-state index is 0.0918. The number of carbonyl (C=O) groups excluding carboxylic acids is 2. The van der Waals surface area contributed by atoms with Gasteiger partial charge in [-0.2, -0.15) is 0 Å². The van der Waals surface area contributed by atoms with Crippen molar-refractivity contribution in [3.05, 3.63) is 58.1 Å². The van der Waals surface area contributed by atoms with Crippen molar-refractivity contribution < 1.29 is 22.7 Å². The van der Waals surface area contributed by atoms with Gasteiger partial charge in [-0.3, -0.25) is 13.9 Å².